The van der Waals surface area contributed by atoms with Gasteiger partial charge in [-0.25, -0.2) is 0 Å². The van der Waals surface area contributed by atoms with Crippen LogP contribution in [0.5, 0.6) is 0 Å². The lowest BCUT2D eigenvalue weighted by atomic mass is 10.0. The fourth-order valence-electron chi connectivity index (χ4n) is 9.04. The molecule has 0 bridgehead atoms. The molecule has 0 amide bonds. The molecule has 0 N–H and O–H groups in total. The van der Waals surface area contributed by atoms with Crippen LogP contribution in [0.1, 0.15) is 297 Å². The highest BCUT2D eigenvalue weighted by Crippen LogP contribution is 2.16. The molecule has 0 saturated carbocycles. The summed E-state index contributed by atoms with van der Waals surface area (Å²) in [5.41, 5.74) is 0. The number of hydrogen-bond donors (Lipinski definition) is 0. The van der Waals surface area contributed by atoms with E-state index in [4.69, 9.17) is 14.2 Å². The average Bonchev–Trinajstić information content (AvgIpc) is 3.47. The molecular formula is C76H124O6. The first-order valence-electron chi connectivity index (χ1n) is 33.8. The normalized spacial score (nSPS) is 13.1. The van der Waals surface area contributed by atoms with Crippen LogP contribution in [-0.2, 0) is 28.6 Å². The molecular weight excluding hydrogens is 1010 g/mol. The first kappa shape index (κ1) is 77.3. The Morgan fingerprint density at radius 2 is 0.488 bits per heavy atom. The summed E-state index contributed by atoms with van der Waals surface area (Å²) in [6.45, 7) is 6.41. The van der Waals surface area contributed by atoms with Crippen LogP contribution in [0, 0.1) is 0 Å². The van der Waals surface area contributed by atoms with Crippen LogP contribution < -0.4 is 0 Å². The van der Waals surface area contributed by atoms with Crippen molar-refractivity contribution < 1.29 is 28.6 Å². The molecule has 0 radical (unpaired) electrons. The second-order valence-corrected chi connectivity index (χ2v) is 22.0. The second-order valence-electron chi connectivity index (χ2n) is 22.0. The summed E-state index contributed by atoms with van der Waals surface area (Å²) < 4.78 is 16.8. The molecule has 0 aromatic rings. The number of carbonyl (C=O) groups is 3. The third-order valence-corrected chi connectivity index (χ3v) is 14.1. The maximum atomic E-state index is 12.9. The molecule has 0 aromatic heterocycles. The standard InChI is InChI=1S/C76H124O6/c1-4-7-10-13-16-18-20-22-24-26-28-30-32-34-36-38-40-42-44-46-48-50-52-54-56-58-60-63-66-69-75(78)81-72-73(71-80-74(77)68-65-62-15-12-9-6-3)82-76(79)70-67-64-61-59-57-55-53-51-49-47-45-43-41-39-37-35-33-31-29-27-25-23-21-19-17-14-11-8-5-2/h7,10,16,18,21-24,27-30,33-36,40,42,46,48,52,54,58,60,73H,4-6,8-9,11-15,17,19-20,25-26,31-32,37-39,41,43-45,47,49-51,53,55-57,59,61-72H2,1-3H3/b10-7-,18-16-,23-21-,24-22-,29-27-,30-28-,35-33-,36-34-,42-40-,48-46-,54-52-,60-58-. The quantitative estimate of drug-likeness (QED) is 0.0261. The van der Waals surface area contributed by atoms with Crippen molar-refractivity contribution in [3.63, 3.8) is 0 Å². The molecule has 0 fully saturated rings. The van der Waals surface area contributed by atoms with Gasteiger partial charge in [-0.15, -0.1) is 0 Å². The van der Waals surface area contributed by atoms with Crippen molar-refractivity contribution in [3.05, 3.63) is 146 Å². The van der Waals surface area contributed by atoms with E-state index < -0.39 is 6.10 Å². The van der Waals surface area contributed by atoms with E-state index >= 15 is 0 Å². The van der Waals surface area contributed by atoms with Crippen molar-refractivity contribution in [1.82, 2.24) is 0 Å². The number of unbranched alkanes of at least 4 members (excludes halogenated alkanes) is 25. The summed E-state index contributed by atoms with van der Waals surface area (Å²) in [4.78, 5) is 38.0. The maximum Gasteiger partial charge on any atom is 0.306 e. The number of hydrogen-bond acceptors (Lipinski definition) is 6. The lowest BCUT2D eigenvalue weighted by Gasteiger charge is -2.18. The summed E-state index contributed by atoms with van der Waals surface area (Å²) in [5, 5.41) is 0. The SMILES string of the molecule is CC/C=C\C/C=C\C/C=C\C/C=C\C/C=C\C/C=C\C/C=C\C/C=C\C/C=C\CCCC(=O)OCC(COC(=O)CCCCCCCC)OC(=O)CCCCCCCCCCCCCCCC/C=C\C/C=C\C/C=C\CCCCCCC. The summed E-state index contributed by atoms with van der Waals surface area (Å²) in [6.07, 6.45) is 99.1. The van der Waals surface area contributed by atoms with Crippen LogP contribution in [-0.4, -0.2) is 37.2 Å². The Labute approximate surface area is 506 Å². The molecule has 6 nitrogen and oxygen atoms in total. The molecule has 0 spiro atoms. The Kier molecular flexibility index (Phi) is 64.8. The summed E-state index contributed by atoms with van der Waals surface area (Å²) >= 11 is 0. The first-order chi connectivity index (χ1) is 40.5. The highest BCUT2D eigenvalue weighted by Gasteiger charge is 2.19. The van der Waals surface area contributed by atoms with Crippen LogP contribution in [0.3, 0.4) is 0 Å². The third kappa shape index (κ3) is 66.1. The molecule has 0 aliphatic carbocycles. The molecule has 82 heavy (non-hydrogen) atoms. The second kappa shape index (κ2) is 68.8. The zero-order valence-corrected chi connectivity index (χ0v) is 53.2. The zero-order chi connectivity index (χ0) is 59.2. The van der Waals surface area contributed by atoms with Crippen molar-refractivity contribution in [2.75, 3.05) is 13.2 Å². The van der Waals surface area contributed by atoms with Gasteiger partial charge in [0.2, 0.25) is 0 Å². The van der Waals surface area contributed by atoms with Crippen LogP contribution >= 0.6 is 0 Å². The minimum atomic E-state index is -0.805. The lowest BCUT2D eigenvalue weighted by Crippen LogP contribution is -2.30. The molecule has 0 aromatic carbocycles. The Bertz CT molecular complexity index is 1780. The Morgan fingerprint density at radius 3 is 0.793 bits per heavy atom. The van der Waals surface area contributed by atoms with E-state index in [1.165, 1.54) is 135 Å². The molecule has 464 valence electrons. The first-order valence-corrected chi connectivity index (χ1v) is 33.8. The highest BCUT2D eigenvalue weighted by molar-refractivity contribution is 5.71. The predicted molar refractivity (Wildman–Crippen MR) is 357 cm³/mol. The van der Waals surface area contributed by atoms with Gasteiger partial charge >= 0.3 is 17.9 Å². The van der Waals surface area contributed by atoms with Gasteiger partial charge < -0.3 is 14.2 Å². The maximum absolute atomic E-state index is 12.9. The molecule has 0 heterocycles. The molecule has 1 atom stereocenters. The fourth-order valence-corrected chi connectivity index (χ4v) is 9.04. The highest BCUT2D eigenvalue weighted by atomic mass is 16.6. The van der Waals surface area contributed by atoms with Crippen molar-refractivity contribution in [3.8, 4) is 0 Å². The van der Waals surface area contributed by atoms with Crippen molar-refractivity contribution in [1.29, 1.82) is 0 Å². The van der Waals surface area contributed by atoms with Crippen LogP contribution in [0.15, 0.2) is 146 Å². The summed E-state index contributed by atoms with van der Waals surface area (Å²) in [5.74, 6) is -0.972. The van der Waals surface area contributed by atoms with Gasteiger partial charge in [-0.1, -0.05) is 301 Å². The Hall–Kier alpha value is -4.71. The van der Waals surface area contributed by atoms with Crippen LogP contribution in [0.25, 0.3) is 0 Å². The van der Waals surface area contributed by atoms with Gasteiger partial charge in [0.1, 0.15) is 13.2 Å². The van der Waals surface area contributed by atoms with Gasteiger partial charge in [0.05, 0.1) is 0 Å². The van der Waals surface area contributed by atoms with Crippen LogP contribution in [0.4, 0.5) is 0 Å². The zero-order valence-electron chi connectivity index (χ0n) is 53.2. The largest absolute Gasteiger partial charge is 0.462 e. The summed E-state index contributed by atoms with van der Waals surface area (Å²) in [6, 6.07) is 0. The topological polar surface area (TPSA) is 78.9 Å². The van der Waals surface area contributed by atoms with Crippen LogP contribution in [0.2, 0.25) is 0 Å². The van der Waals surface area contributed by atoms with Crippen molar-refractivity contribution in [2.24, 2.45) is 0 Å². The predicted octanol–water partition coefficient (Wildman–Crippen LogP) is 23.5. The number of carbonyl (C=O) groups excluding carboxylic acids is 3. The van der Waals surface area contributed by atoms with Crippen molar-refractivity contribution >= 4 is 17.9 Å². The fraction of sp³-hybridized carbons (Fsp3) is 0.645. The Morgan fingerprint density at radius 1 is 0.256 bits per heavy atom. The van der Waals surface area contributed by atoms with Gasteiger partial charge in [0, 0.05) is 19.3 Å². The van der Waals surface area contributed by atoms with E-state index in [0.29, 0.717) is 19.3 Å². The van der Waals surface area contributed by atoms with E-state index in [0.717, 1.165) is 116 Å². The Balaban J connectivity index is 4.19. The minimum absolute atomic E-state index is 0.0996. The molecule has 1 unspecified atom stereocenters. The number of allylic oxidation sites excluding steroid dienone is 24. The van der Waals surface area contributed by atoms with E-state index in [1.807, 2.05) is 0 Å². The van der Waals surface area contributed by atoms with E-state index in [2.05, 4.69) is 167 Å². The van der Waals surface area contributed by atoms with E-state index in [1.54, 1.807) is 0 Å². The molecule has 0 rings (SSSR count). The van der Waals surface area contributed by atoms with Gasteiger partial charge in [-0.05, 0) is 122 Å². The average molecular weight is 1130 g/mol. The van der Waals surface area contributed by atoms with Gasteiger partial charge in [0.25, 0.3) is 0 Å². The monoisotopic (exact) mass is 1130 g/mol. The molecule has 0 saturated heterocycles. The van der Waals surface area contributed by atoms with Crippen molar-refractivity contribution in [2.45, 2.75) is 303 Å². The van der Waals surface area contributed by atoms with E-state index in [-0.39, 0.29) is 37.5 Å². The molecule has 6 heteroatoms. The smallest absolute Gasteiger partial charge is 0.306 e. The van der Waals surface area contributed by atoms with Gasteiger partial charge in [0.15, 0.2) is 6.10 Å². The van der Waals surface area contributed by atoms with Gasteiger partial charge in [-0.2, -0.15) is 0 Å². The summed E-state index contributed by atoms with van der Waals surface area (Å²) in [7, 11) is 0. The molecule has 0 aliphatic rings. The number of esters is 3. The lowest BCUT2D eigenvalue weighted by molar-refractivity contribution is -0.167. The number of rotatable bonds is 60. The third-order valence-electron chi connectivity index (χ3n) is 14.1. The molecule has 0 aliphatic heterocycles. The number of ether oxygens (including phenoxy) is 3. The van der Waals surface area contributed by atoms with Gasteiger partial charge in [-0.3, -0.25) is 14.4 Å². The minimum Gasteiger partial charge on any atom is -0.462 e. The van der Waals surface area contributed by atoms with E-state index in [9.17, 15) is 14.4 Å².